The summed E-state index contributed by atoms with van der Waals surface area (Å²) in [7, 11) is 0. The predicted octanol–water partition coefficient (Wildman–Crippen LogP) is 1.42. The molecule has 0 saturated heterocycles. The quantitative estimate of drug-likeness (QED) is 0.881. The normalized spacial score (nSPS) is 16.8. The van der Waals surface area contributed by atoms with Gasteiger partial charge in [0, 0.05) is 6.04 Å². The molecule has 0 atom stereocenters. The molecule has 1 aromatic rings. The third kappa shape index (κ3) is 3.62. The van der Waals surface area contributed by atoms with Gasteiger partial charge in [-0.25, -0.2) is 0 Å². The average Bonchev–Trinajstić information content (AvgIpc) is 2.87. The average molecular weight is 275 g/mol. The molecular formula is C10H15ClN4OS. The molecule has 0 bridgehead atoms. The summed E-state index contributed by atoms with van der Waals surface area (Å²) in [6, 6.07) is 0.435. The molecule has 0 unspecified atom stereocenters. The molecule has 1 aliphatic rings. The van der Waals surface area contributed by atoms with Gasteiger partial charge in [0.25, 0.3) is 0 Å². The van der Waals surface area contributed by atoms with Crippen molar-refractivity contribution in [2.45, 2.75) is 38.3 Å². The van der Waals surface area contributed by atoms with Crippen LogP contribution in [0.3, 0.4) is 0 Å². The van der Waals surface area contributed by atoms with Crippen molar-refractivity contribution in [2.24, 2.45) is 5.73 Å². The number of halogens is 1. The van der Waals surface area contributed by atoms with Gasteiger partial charge in [0.15, 0.2) is 0 Å². The van der Waals surface area contributed by atoms with Crippen molar-refractivity contribution < 1.29 is 4.79 Å². The Morgan fingerprint density at radius 1 is 1.47 bits per heavy atom. The molecule has 0 spiro atoms. The zero-order valence-electron chi connectivity index (χ0n) is 9.43. The fourth-order valence-corrected chi connectivity index (χ4v) is 3.15. The summed E-state index contributed by atoms with van der Waals surface area (Å²) < 4.78 is 0.436. The van der Waals surface area contributed by atoms with Gasteiger partial charge in [0.1, 0.15) is 5.01 Å². The molecule has 94 valence electrons. The number of rotatable bonds is 5. The largest absolute Gasteiger partial charge is 0.369 e. The lowest BCUT2D eigenvalue weighted by Gasteiger charge is -2.26. The van der Waals surface area contributed by atoms with E-state index < -0.39 is 0 Å². The topological polar surface area (TPSA) is 72.1 Å². The number of primary amides is 1. The van der Waals surface area contributed by atoms with Crippen molar-refractivity contribution in [2.75, 3.05) is 6.54 Å². The second kappa shape index (κ2) is 5.75. The van der Waals surface area contributed by atoms with E-state index >= 15 is 0 Å². The standard InChI is InChI=1S/C10H15ClN4OS/c11-10-14-13-9(17-10)6-15(5-8(12)16)7-3-1-2-4-7/h7H,1-6H2,(H2,12,16). The highest BCUT2D eigenvalue weighted by Gasteiger charge is 2.24. The van der Waals surface area contributed by atoms with Crippen LogP contribution in [0.5, 0.6) is 0 Å². The second-order valence-corrected chi connectivity index (χ2v) is 5.90. The van der Waals surface area contributed by atoms with E-state index in [0.717, 1.165) is 17.8 Å². The number of hydrogen-bond donors (Lipinski definition) is 1. The Hall–Kier alpha value is -0.720. The minimum Gasteiger partial charge on any atom is -0.369 e. The smallest absolute Gasteiger partial charge is 0.231 e. The Balaban J connectivity index is 2.01. The zero-order valence-corrected chi connectivity index (χ0v) is 11.0. The van der Waals surface area contributed by atoms with Crippen molar-refractivity contribution in [1.82, 2.24) is 15.1 Å². The van der Waals surface area contributed by atoms with Crippen LogP contribution < -0.4 is 5.73 Å². The Morgan fingerprint density at radius 3 is 2.71 bits per heavy atom. The number of carbonyl (C=O) groups is 1. The van der Waals surface area contributed by atoms with Crippen molar-refractivity contribution >= 4 is 28.8 Å². The molecular weight excluding hydrogens is 260 g/mol. The Bertz CT molecular complexity index is 391. The minimum atomic E-state index is -0.299. The summed E-state index contributed by atoms with van der Waals surface area (Å²) in [6.45, 7) is 0.889. The molecule has 1 amide bonds. The molecule has 5 nitrogen and oxygen atoms in total. The molecule has 0 aromatic carbocycles. The molecule has 1 aromatic heterocycles. The molecule has 0 radical (unpaired) electrons. The van der Waals surface area contributed by atoms with E-state index in [0.29, 0.717) is 17.1 Å². The van der Waals surface area contributed by atoms with Crippen LogP contribution in [0.2, 0.25) is 4.47 Å². The number of amides is 1. The first-order valence-corrected chi connectivity index (χ1v) is 6.85. The fraction of sp³-hybridized carbons (Fsp3) is 0.700. The van der Waals surface area contributed by atoms with Gasteiger partial charge in [-0.1, -0.05) is 24.2 Å². The lowest BCUT2D eigenvalue weighted by molar-refractivity contribution is -0.119. The summed E-state index contributed by atoms with van der Waals surface area (Å²) >= 11 is 7.10. The van der Waals surface area contributed by atoms with E-state index in [1.807, 2.05) is 0 Å². The Labute approximate surface area is 109 Å². The van der Waals surface area contributed by atoms with Gasteiger partial charge >= 0.3 is 0 Å². The van der Waals surface area contributed by atoms with Crippen LogP contribution in [0.15, 0.2) is 0 Å². The maximum Gasteiger partial charge on any atom is 0.231 e. The molecule has 1 aliphatic carbocycles. The van der Waals surface area contributed by atoms with Gasteiger partial charge in [0.2, 0.25) is 10.4 Å². The highest BCUT2D eigenvalue weighted by molar-refractivity contribution is 7.15. The van der Waals surface area contributed by atoms with Crippen LogP contribution in [0, 0.1) is 0 Å². The lowest BCUT2D eigenvalue weighted by atomic mass is 10.2. The maximum atomic E-state index is 11.1. The van der Waals surface area contributed by atoms with E-state index in [2.05, 4.69) is 15.1 Å². The van der Waals surface area contributed by atoms with Crippen molar-refractivity contribution in [3.05, 3.63) is 9.47 Å². The first kappa shape index (κ1) is 12.7. The number of nitrogens with zero attached hydrogens (tertiary/aromatic N) is 3. The van der Waals surface area contributed by atoms with Crippen LogP contribution in [0.25, 0.3) is 0 Å². The van der Waals surface area contributed by atoms with Gasteiger partial charge in [-0.2, -0.15) is 0 Å². The number of aromatic nitrogens is 2. The van der Waals surface area contributed by atoms with E-state index in [4.69, 9.17) is 17.3 Å². The molecule has 2 rings (SSSR count). The van der Waals surface area contributed by atoms with E-state index in [9.17, 15) is 4.79 Å². The zero-order chi connectivity index (χ0) is 12.3. The van der Waals surface area contributed by atoms with Gasteiger partial charge < -0.3 is 5.73 Å². The summed E-state index contributed by atoms with van der Waals surface area (Å²) in [6.07, 6.45) is 4.69. The van der Waals surface area contributed by atoms with Crippen LogP contribution in [-0.2, 0) is 11.3 Å². The minimum absolute atomic E-state index is 0.280. The van der Waals surface area contributed by atoms with Gasteiger partial charge in [-0.05, 0) is 24.4 Å². The van der Waals surface area contributed by atoms with Crippen LogP contribution in [0.1, 0.15) is 30.7 Å². The van der Waals surface area contributed by atoms with Crippen LogP contribution in [0.4, 0.5) is 0 Å². The van der Waals surface area contributed by atoms with Crippen LogP contribution in [-0.4, -0.2) is 33.6 Å². The Morgan fingerprint density at radius 2 is 2.18 bits per heavy atom. The lowest BCUT2D eigenvalue weighted by Crippen LogP contribution is -2.39. The van der Waals surface area contributed by atoms with Gasteiger partial charge in [-0.15, -0.1) is 10.2 Å². The number of nitrogens with two attached hydrogens (primary N) is 1. The first-order chi connectivity index (χ1) is 8.15. The monoisotopic (exact) mass is 274 g/mol. The Kier molecular flexibility index (Phi) is 4.31. The third-order valence-electron chi connectivity index (χ3n) is 2.98. The molecule has 1 heterocycles. The summed E-state index contributed by atoms with van der Waals surface area (Å²) in [4.78, 5) is 13.2. The summed E-state index contributed by atoms with van der Waals surface area (Å²) in [5.41, 5.74) is 5.28. The van der Waals surface area contributed by atoms with E-state index in [1.165, 1.54) is 24.2 Å². The number of carbonyl (C=O) groups excluding carboxylic acids is 1. The van der Waals surface area contributed by atoms with Gasteiger partial charge in [0.05, 0.1) is 13.1 Å². The highest BCUT2D eigenvalue weighted by Crippen LogP contribution is 2.25. The number of hydrogen-bond acceptors (Lipinski definition) is 5. The third-order valence-corrected chi connectivity index (χ3v) is 3.98. The molecule has 1 saturated carbocycles. The molecule has 0 aliphatic heterocycles. The molecule has 2 N–H and O–H groups in total. The molecule has 1 fully saturated rings. The molecule has 7 heteroatoms. The SMILES string of the molecule is NC(=O)CN(Cc1nnc(Cl)s1)C1CCCC1. The predicted molar refractivity (Wildman–Crippen MR) is 66.8 cm³/mol. The second-order valence-electron chi connectivity index (χ2n) is 4.26. The van der Waals surface area contributed by atoms with Gasteiger partial charge in [-0.3, -0.25) is 9.69 Å². The van der Waals surface area contributed by atoms with Crippen LogP contribution >= 0.6 is 22.9 Å². The first-order valence-electron chi connectivity index (χ1n) is 5.65. The van der Waals surface area contributed by atoms with Crippen molar-refractivity contribution in [3.63, 3.8) is 0 Å². The summed E-state index contributed by atoms with van der Waals surface area (Å²) in [5, 5.41) is 8.58. The maximum absolute atomic E-state index is 11.1. The highest BCUT2D eigenvalue weighted by atomic mass is 35.5. The van der Waals surface area contributed by atoms with E-state index in [1.54, 1.807) is 0 Å². The molecule has 17 heavy (non-hydrogen) atoms. The van der Waals surface area contributed by atoms with Crippen molar-refractivity contribution in [1.29, 1.82) is 0 Å². The fourth-order valence-electron chi connectivity index (χ4n) is 2.25. The van der Waals surface area contributed by atoms with E-state index in [-0.39, 0.29) is 12.5 Å². The summed E-state index contributed by atoms with van der Waals surface area (Å²) in [5.74, 6) is -0.299. The van der Waals surface area contributed by atoms with Crippen molar-refractivity contribution in [3.8, 4) is 0 Å².